The van der Waals surface area contributed by atoms with E-state index in [-0.39, 0.29) is 30.5 Å². The van der Waals surface area contributed by atoms with Crippen molar-refractivity contribution in [2.45, 2.75) is 52.2 Å². The van der Waals surface area contributed by atoms with Crippen molar-refractivity contribution in [1.29, 1.82) is 0 Å². The summed E-state index contributed by atoms with van der Waals surface area (Å²) in [6.45, 7) is 11.7. The van der Waals surface area contributed by atoms with Crippen molar-refractivity contribution in [1.82, 2.24) is 15.1 Å². The third kappa shape index (κ3) is 6.75. The number of para-hydroxylation sites is 1. The van der Waals surface area contributed by atoms with Crippen molar-refractivity contribution >= 4 is 18.4 Å². The van der Waals surface area contributed by atoms with Gasteiger partial charge in [-0.15, -0.1) is 12.4 Å². The minimum absolute atomic E-state index is 0. The maximum Gasteiger partial charge on any atom is 0.317 e. The molecule has 1 heterocycles. The van der Waals surface area contributed by atoms with Crippen LogP contribution in [0.2, 0.25) is 0 Å². The number of hydrogen-bond acceptors (Lipinski definition) is 3. The molecule has 0 aromatic heterocycles. The summed E-state index contributed by atoms with van der Waals surface area (Å²) in [5.41, 5.74) is 0. The van der Waals surface area contributed by atoms with E-state index in [9.17, 15) is 4.79 Å². The molecule has 2 amide bonds. The van der Waals surface area contributed by atoms with E-state index in [0.29, 0.717) is 6.04 Å². The minimum atomic E-state index is 0. The molecule has 2 rings (SSSR count). The van der Waals surface area contributed by atoms with Crippen LogP contribution in [0.25, 0.3) is 0 Å². The molecular formula is C19H32ClN3O2. The zero-order valence-electron chi connectivity index (χ0n) is 15.8. The van der Waals surface area contributed by atoms with Gasteiger partial charge in [-0.1, -0.05) is 18.2 Å². The van der Waals surface area contributed by atoms with Crippen molar-refractivity contribution in [3.8, 4) is 5.75 Å². The van der Waals surface area contributed by atoms with Crippen LogP contribution in [0.4, 0.5) is 4.79 Å². The quantitative estimate of drug-likeness (QED) is 0.782. The number of carbonyl (C=O) groups excluding carboxylic acids is 1. The first kappa shape index (κ1) is 21.6. The molecule has 1 saturated heterocycles. The summed E-state index contributed by atoms with van der Waals surface area (Å²) in [4.78, 5) is 16.7. The first-order chi connectivity index (χ1) is 11.5. The van der Waals surface area contributed by atoms with Crippen LogP contribution in [0.15, 0.2) is 30.3 Å². The number of amides is 2. The minimum Gasteiger partial charge on any atom is -0.494 e. The molecule has 25 heavy (non-hydrogen) atoms. The van der Waals surface area contributed by atoms with E-state index in [1.807, 2.05) is 49.1 Å². The highest BCUT2D eigenvalue weighted by molar-refractivity contribution is 5.85. The Morgan fingerprint density at radius 3 is 2.52 bits per heavy atom. The van der Waals surface area contributed by atoms with Gasteiger partial charge in [0.1, 0.15) is 5.75 Å². The van der Waals surface area contributed by atoms with E-state index < -0.39 is 0 Å². The Bertz CT molecular complexity index is 513. The Kier molecular flexibility index (Phi) is 9.08. The molecule has 1 aromatic rings. The summed E-state index contributed by atoms with van der Waals surface area (Å²) >= 11 is 0. The van der Waals surface area contributed by atoms with Crippen LogP contribution in [0.5, 0.6) is 5.75 Å². The van der Waals surface area contributed by atoms with Crippen molar-refractivity contribution in [2.75, 3.05) is 26.2 Å². The molecule has 0 radical (unpaired) electrons. The Morgan fingerprint density at radius 1 is 1.20 bits per heavy atom. The lowest BCUT2D eigenvalue weighted by Crippen LogP contribution is -2.60. The van der Waals surface area contributed by atoms with Crippen LogP contribution in [0.3, 0.4) is 0 Å². The highest BCUT2D eigenvalue weighted by atomic mass is 35.5. The van der Waals surface area contributed by atoms with Gasteiger partial charge >= 0.3 is 6.03 Å². The van der Waals surface area contributed by atoms with Crippen LogP contribution >= 0.6 is 12.4 Å². The highest BCUT2D eigenvalue weighted by Gasteiger charge is 2.31. The lowest BCUT2D eigenvalue weighted by Gasteiger charge is -2.44. The standard InChI is InChI=1S/C19H31N3O2.ClH/c1-15(2)20-19(23)22-14-16(3)21(13-17(22)4)11-8-12-24-18-9-6-5-7-10-18;/h5-7,9-10,15-17H,8,11-14H2,1-4H3,(H,20,23);1H/t16-,17+;/m1./s1. The molecule has 0 saturated carbocycles. The summed E-state index contributed by atoms with van der Waals surface area (Å²) in [5.74, 6) is 0.925. The number of urea groups is 1. The van der Waals surface area contributed by atoms with Gasteiger partial charge in [-0.3, -0.25) is 4.90 Å². The lowest BCUT2D eigenvalue weighted by atomic mass is 10.1. The number of benzene rings is 1. The molecule has 1 aliphatic rings. The Labute approximate surface area is 158 Å². The number of halogens is 1. The van der Waals surface area contributed by atoms with Gasteiger partial charge in [0.2, 0.25) is 0 Å². The zero-order chi connectivity index (χ0) is 17.5. The van der Waals surface area contributed by atoms with Crippen LogP contribution in [-0.2, 0) is 0 Å². The maximum absolute atomic E-state index is 12.3. The predicted octanol–water partition coefficient (Wildman–Crippen LogP) is 3.39. The van der Waals surface area contributed by atoms with Gasteiger partial charge in [0.25, 0.3) is 0 Å². The SMILES string of the molecule is CC(C)NC(=O)N1C[C@@H](C)N(CCCOc2ccccc2)C[C@@H]1C.Cl. The van der Waals surface area contributed by atoms with Gasteiger partial charge in [-0.2, -0.15) is 0 Å². The third-order valence-electron chi connectivity index (χ3n) is 4.39. The highest BCUT2D eigenvalue weighted by Crippen LogP contribution is 2.16. The summed E-state index contributed by atoms with van der Waals surface area (Å²) < 4.78 is 5.76. The summed E-state index contributed by atoms with van der Waals surface area (Å²) in [5, 5.41) is 3.00. The molecule has 0 unspecified atom stereocenters. The smallest absolute Gasteiger partial charge is 0.317 e. The van der Waals surface area contributed by atoms with E-state index >= 15 is 0 Å². The normalized spacial score (nSPS) is 20.9. The van der Waals surface area contributed by atoms with Gasteiger partial charge in [0.15, 0.2) is 0 Å². The molecule has 1 N–H and O–H groups in total. The van der Waals surface area contributed by atoms with Crippen molar-refractivity contribution in [3.63, 3.8) is 0 Å². The Balaban J connectivity index is 0.00000312. The molecular weight excluding hydrogens is 338 g/mol. The molecule has 1 aliphatic heterocycles. The molecule has 2 atom stereocenters. The van der Waals surface area contributed by atoms with Gasteiger partial charge in [-0.05, 0) is 46.2 Å². The molecule has 1 fully saturated rings. The van der Waals surface area contributed by atoms with E-state index in [0.717, 1.165) is 38.4 Å². The number of hydrogen-bond donors (Lipinski definition) is 1. The second-order valence-electron chi connectivity index (χ2n) is 6.96. The molecule has 0 aliphatic carbocycles. The van der Waals surface area contributed by atoms with E-state index in [1.54, 1.807) is 0 Å². The first-order valence-corrected chi connectivity index (χ1v) is 8.96. The Hall–Kier alpha value is -1.46. The van der Waals surface area contributed by atoms with Crippen LogP contribution in [0.1, 0.15) is 34.1 Å². The first-order valence-electron chi connectivity index (χ1n) is 8.96. The second-order valence-corrected chi connectivity index (χ2v) is 6.96. The lowest BCUT2D eigenvalue weighted by molar-refractivity contribution is 0.0592. The molecule has 142 valence electrons. The largest absolute Gasteiger partial charge is 0.494 e. The van der Waals surface area contributed by atoms with Crippen molar-refractivity contribution < 1.29 is 9.53 Å². The average molecular weight is 370 g/mol. The zero-order valence-corrected chi connectivity index (χ0v) is 16.6. The fourth-order valence-electron chi connectivity index (χ4n) is 3.10. The summed E-state index contributed by atoms with van der Waals surface area (Å²) in [7, 11) is 0. The number of nitrogens with zero attached hydrogens (tertiary/aromatic N) is 2. The van der Waals surface area contributed by atoms with Gasteiger partial charge < -0.3 is 15.0 Å². The Morgan fingerprint density at radius 2 is 1.88 bits per heavy atom. The van der Waals surface area contributed by atoms with Gasteiger partial charge in [0, 0.05) is 37.8 Å². The number of piperazine rings is 1. The molecule has 5 nitrogen and oxygen atoms in total. The number of nitrogens with one attached hydrogen (secondary N) is 1. The fourth-order valence-corrected chi connectivity index (χ4v) is 3.10. The van der Waals surface area contributed by atoms with E-state index in [4.69, 9.17) is 4.74 Å². The number of ether oxygens (including phenoxy) is 1. The topological polar surface area (TPSA) is 44.8 Å². The monoisotopic (exact) mass is 369 g/mol. The average Bonchev–Trinajstić information content (AvgIpc) is 2.54. The van der Waals surface area contributed by atoms with E-state index in [2.05, 4.69) is 24.1 Å². The number of carbonyl (C=O) groups is 1. The molecule has 1 aromatic carbocycles. The maximum atomic E-state index is 12.3. The summed E-state index contributed by atoms with van der Waals surface area (Å²) in [6, 6.07) is 10.8. The van der Waals surface area contributed by atoms with Gasteiger partial charge in [-0.25, -0.2) is 4.79 Å². The third-order valence-corrected chi connectivity index (χ3v) is 4.39. The van der Waals surface area contributed by atoms with Crippen LogP contribution in [0, 0.1) is 0 Å². The molecule has 0 spiro atoms. The predicted molar refractivity (Wildman–Crippen MR) is 105 cm³/mol. The summed E-state index contributed by atoms with van der Waals surface area (Å²) in [6.07, 6.45) is 0.990. The van der Waals surface area contributed by atoms with Crippen LogP contribution < -0.4 is 10.1 Å². The van der Waals surface area contributed by atoms with E-state index in [1.165, 1.54) is 0 Å². The second kappa shape index (κ2) is 10.5. The van der Waals surface area contributed by atoms with Crippen LogP contribution in [-0.4, -0.2) is 60.2 Å². The molecule has 6 heteroatoms. The molecule has 0 bridgehead atoms. The van der Waals surface area contributed by atoms with Crippen molar-refractivity contribution in [3.05, 3.63) is 30.3 Å². The fraction of sp³-hybridized carbons (Fsp3) is 0.632. The van der Waals surface area contributed by atoms with Crippen molar-refractivity contribution in [2.24, 2.45) is 0 Å². The van der Waals surface area contributed by atoms with Gasteiger partial charge in [0.05, 0.1) is 6.61 Å². The number of rotatable bonds is 6.